The summed E-state index contributed by atoms with van der Waals surface area (Å²) < 4.78 is 0. The van der Waals surface area contributed by atoms with E-state index >= 15 is 0 Å². The third-order valence-corrected chi connectivity index (χ3v) is 10.6. The number of hydrogen-bond donors (Lipinski definition) is 5. The third-order valence-electron chi connectivity index (χ3n) is 10.6. The molecular formula is C28H46O6. The van der Waals surface area contributed by atoms with E-state index in [1.165, 1.54) is 11.1 Å². The zero-order valence-corrected chi connectivity index (χ0v) is 21.8. The molecular weight excluding hydrogens is 432 g/mol. The lowest BCUT2D eigenvalue weighted by Crippen LogP contribution is -2.58. The number of rotatable bonds is 5. The van der Waals surface area contributed by atoms with Crippen molar-refractivity contribution < 1.29 is 30.3 Å². The highest BCUT2D eigenvalue weighted by Gasteiger charge is 2.62. The van der Waals surface area contributed by atoms with Crippen molar-refractivity contribution >= 4 is 5.78 Å². The quantitative estimate of drug-likeness (QED) is 0.388. The van der Waals surface area contributed by atoms with Crippen LogP contribution < -0.4 is 0 Å². The molecule has 5 N–H and O–H groups in total. The number of carbonyl (C=O) groups excluding carboxylic acids is 1. The number of Topliss-reactive ketones (excluding diaryl/α,β-unsaturated/α-hetero) is 1. The van der Waals surface area contributed by atoms with E-state index in [-0.39, 0.29) is 40.3 Å². The molecule has 0 amide bonds. The maximum atomic E-state index is 13.6. The Morgan fingerprint density at radius 2 is 1.71 bits per heavy atom. The van der Waals surface area contributed by atoms with E-state index in [9.17, 15) is 30.3 Å². The first kappa shape index (κ1) is 26.3. The van der Waals surface area contributed by atoms with Gasteiger partial charge in [-0.3, -0.25) is 4.79 Å². The fourth-order valence-electron chi connectivity index (χ4n) is 8.59. The van der Waals surface area contributed by atoms with Crippen LogP contribution in [0.5, 0.6) is 0 Å². The maximum Gasteiger partial charge on any atom is 0.143 e. The fourth-order valence-corrected chi connectivity index (χ4v) is 8.59. The van der Waals surface area contributed by atoms with Crippen LogP contribution in [0.15, 0.2) is 11.1 Å². The molecule has 0 aliphatic heterocycles. The molecule has 0 radical (unpaired) electrons. The normalized spacial score (nSPS) is 45.3. The largest absolute Gasteiger partial charge is 0.390 e. The Labute approximate surface area is 204 Å². The van der Waals surface area contributed by atoms with E-state index in [0.717, 1.165) is 25.7 Å². The van der Waals surface area contributed by atoms with Gasteiger partial charge in [-0.05, 0) is 94.8 Å². The second kappa shape index (κ2) is 8.37. The third kappa shape index (κ3) is 3.92. The number of aliphatic hydroxyl groups is 5. The van der Waals surface area contributed by atoms with Crippen molar-refractivity contribution in [1.82, 2.24) is 0 Å². The van der Waals surface area contributed by atoms with Crippen molar-refractivity contribution in [2.45, 2.75) is 122 Å². The lowest BCUT2D eigenvalue weighted by Gasteiger charge is -2.58. The second-order valence-electron chi connectivity index (χ2n) is 13.4. The molecule has 0 unspecified atom stereocenters. The van der Waals surface area contributed by atoms with Gasteiger partial charge in [0.25, 0.3) is 0 Å². The van der Waals surface area contributed by atoms with Gasteiger partial charge in [-0.15, -0.1) is 0 Å². The molecule has 10 atom stereocenters. The minimum Gasteiger partial charge on any atom is -0.390 e. The molecule has 3 saturated carbocycles. The van der Waals surface area contributed by atoms with Crippen molar-refractivity contribution in [1.29, 1.82) is 0 Å². The Bertz CT molecular complexity index is 855. The number of ketones is 1. The first-order valence-electron chi connectivity index (χ1n) is 13.3. The molecule has 0 aromatic heterocycles. The average molecular weight is 479 g/mol. The zero-order chi connectivity index (χ0) is 25.4. The lowest BCUT2D eigenvalue weighted by molar-refractivity contribution is -0.154. The lowest BCUT2D eigenvalue weighted by atomic mass is 9.46. The number of hydrogen-bond acceptors (Lipinski definition) is 6. The first-order chi connectivity index (χ1) is 15.5. The predicted molar refractivity (Wildman–Crippen MR) is 130 cm³/mol. The molecule has 4 aliphatic rings. The van der Waals surface area contributed by atoms with E-state index in [1.807, 2.05) is 6.92 Å². The van der Waals surface area contributed by atoms with E-state index < -0.39 is 29.5 Å². The van der Waals surface area contributed by atoms with Gasteiger partial charge in [0.05, 0.1) is 29.5 Å². The summed E-state index contributed by atoms with van der Waals surface area (Å²) in [4.78, 5) is 13.6. The van der Waals surface area contributed by atoms with Crippen LogP contribution >= 0.6 is 0 Å². The van der Waals surface area contributed by atoms with Crippen molar-refractivity contribution in [2.24, 2.45) is 34.5 Å². The van der Waals surface area contributed by atoms with Gasteiger partial charge in [-0.1, -0.05) is 31.9 Å². The Hall–Kier alpha value is -0.790. The van der Waals surface area contributed by atoms with Gasteiger partial charge < -0.3 is 25.5 Å². The number of carbonyl (C=O) groups is 1. The smallest absolute Gasteiger partial charge is 0.143 e. The molecule has 194 valence electrons. The fraction of sp³-hybridized carbons (Fsp3) is 0.893. The van der Waals surface area contributed by atoms with E-state index in [0.29, 0.717) is 25.7 Å². The van der Waals surface area contributed by atoms with Gasteiger partial charge in [-0.25, -0.2) is 0 Å². The molecule has 6 nitrogen and oxygen atoms in total. The van der Waals surface area contributed by atoms with Crippen molar-refractivity contribution in [3.63, 3.8) is 0 Å². The molecule has 0 bridgehead atoms. The predicted octanol–water partition coefficient (Wildman–Crippen LogP) is 3.13. The highest BCUT2D eigenvalue weighted by molar-refractivity contribution is 5.88. The summed E-state index contributed by atoms with van der Waals surface area (Å²) in [6.45, 7) is 11.5. The monoisotopic (exact) mass is 478 g/mol. The summed E-state index contributed by atoms with van der Waals surface area (Å²) in [6.07, 6.45) is 2.25. The molecule has 0 saturated heterocycles. The first-order valence-corrected chi connectivity index (χ1v) is 13.3. The van der Waals surface area contributed by atoms with Crippen LogP contribution in [-0.2, 0) is 4.79 Å². The summed E-state index contributed by atoms with van der Waals surface area (Å²) in [5, 5.41) is 53.6. The van der Waals surface area contributed by atoms with Gasteiger partial charge in [-0.2, -0.15) is 0 Å². The van der Waals surface area contributed by atoms with Crippen molar-refractivity contribution in [3.05, 3.63) is 11.1 Å². The topological polar surface area (TPSA) is 118 Å². The number of aliphatic hydroxyl groups excluding tert-OH is 3. The van der Waals surface area contributed by atoms with Crippen LogP contribution in [0.2, 0.25) is 0 Å². The molecule has 3 fully saturated rings. The van der Waals surface area contributed by atoms with Crippen LogP contribution in [0.1, 0.15) is 92.9 Å². The van der Waals surface area contributed by atoms with Gasteiger partial charge in [0, 0.05) is 11.8 Å². The molecule has 4 aliphatic carbocycles. The van der Waals surface area contributed by atoms with Crippen LogP contribution in [0.3, 0.4) is 0 Å². The summed E-state index contributed by atoms with van der Waals surface area (Å²) in [5.41, 5.74) is -0.359. The highest BCUT2D eigenvalue weighted by Crippen LogP contribution is 2.66. The molecule has 0 heterocycles. The SMILES string of the molecule is C[C@@H]1C(=O)[C@@H]2C[C@@H](O)[C@@H](O)C[C@]2(C)[C@H]2CC[C@@]3(C)C(=C12)CC[C@@H]3[C@@](C)(O)[C@H](O)CCC(C)(C)O. The van der Waals surface area contributed by atoms with Gasteiger partial charge in [0.1, 0.15) is 5.78 Å². The summed E-state index contributed by atoms with van der Waals surface area (Å²) >= 11 is 0. The van der Waals surface area contributed by atoms with Crippen LogP contribution in [0.4, 0.5) is 0 Å². The Balaban J connectivity index is 1.69. The minimum atomic E-state index is -1.30. The van der Waals surface area contributed by atoms with Gasteiger partial charge in [0.15, 0.2) is 0 Å². The highest BCUT2D eigenvalue weighted by atomic mass is 16.3. The van der Waals surface area contributed by atoms with Crippen LogP contribution in [0.25, 0.3) is 0 Å². The Morgan fingerprint density at radius 3 is 2.32 bits per heavy atom. The van der Waals surface area contributed by atoms with Crippen LogP contribution in [-0.4, -0.2) is 60.8 Å². The van der Waals surface area contributed by atoms with Crippen molar-refractivity contribution in [3.8, 4) is 0 Å². The van der Waals surface area contributed by atoms with E-state index in [1.54, 1.807) is 20.8 Å². The minimum absolute atomic E-state index is 0.133. The molecule has 6 heteroatoms. The molecule has 34 heavy (non-hydrogen) atoms. The van der Waals surface area contributed by atoms with Gasteiger partial charge >= 0.3 is 0 Å². The molecule has 4 rings (SSSR count). The second-order valence-corrected chi connectivity index (χ2v) is 13.4. The molecule has 0 aromatic carbocycles. The zero-order valence-electron chi connectivity index (χ0n) is 21.8. The molecule has 0 spiro atoms. The number of allylic oxidation sites excluding steroid dienone is 2. The van der Waals surface area contributed by atoms with E-state index in [4.69, 9.17) is 0 Å². The maximum absolute atomic E-state index is 13.6. The van der Waals surface area contributed by atoms with Crippen LogP contribution in [0, 0.1) is 34.5 Å². The Morgan fingerprint density at radius 1 is 1.06 bits per heavy atom. The summed E-state index contributed by atoms with van der Waals surface area (Å²) in [5.74, 6) is -0.213. The van der Waals surface area contributed by atoms with E-state index in [2.05, 4.69) is 13.8 Å². The number of fused-ring (bicyclic) bond motifs is 4. The summed E-state index contributed by atoms with van der Waals surface area (Å²) in [6, 6.07) is 0. The average Bonchev–Trinajstić information content (AvgIpc) is 3.09. The Kier molecular flexibility index (Phi) is 6.47. The summed E-state index contributed by atoms with van der Waals surface area (Å²) in [7, 11) is 0. The standard InChI is InChI=1S/C28H46O6/c1-15-23-16-7-8-21(28(6,34)22(31)10-11-25(2,3)33)26(16,4)12-9-17(23)27(5)14-20(30)19(29)13-18(27)24(15)32/h15,17-22,29-31,33-34H,7-14H2,1-6H3/t15-,17-,18-,19+,20-,21-,22+,26-,27+,28+/m0/s1. The van der Waals surface area contributed by atoms with Crippen molar-refractivity contribution in [2.75, 3.05) is 0 Å². The van der Waals surface area contributed by atoms with Gasteiger partial charge in [0.2, 0.25) is 0 Å². The molecule has 0 aromatic rings.